The van der Waals surface area contributed by atoms with Crippen LogP contribution in [0, 0.1) is 18.8 Å². The Labute approximate surface area is 123 Å². The molecule has 0 spiro atoms. The highest BCUT2D eigenvalue weighted by Gasteiger charge is 2.01. The zero-order valence-corrected chi connectivity index (χ0v) is 12.2. The van der Waals surface area contributed by atoms with Crippen LogP contribution in [0.1, 0.15) is 11.3 Å². The van der Waals surface area contributed by atoms with Gasteiger partial charge in [0.05, 0.1) is 19.4 Å². The van der Waals surface area contributed by atoms with Gasteiger partial charge in [0.25, 0.3) is 0 Å². The Morgan fingerprint density at radius 1 is 1.25 bits per heavy atom. The normalized spacial score (nSPS) is 9.90. The Morgan fingerprint density at radius 3 is 2.70 bits per heavy atom. The van der Waals surface area contributed by atoms with Crippen molar-refractivity contribution in [1.82, 2.24) is 0 Å². The predicted molar refractivity (Wildman–Crippen MR) is 82.0 cm³/mol. The maximum absolute atomic E-state index is 5.68. The maximum atomic E-state index is 5.68. The third-order valence-corrected chi connectivity index (χ3v) is 3.72. The smallest absolute Gasteiger partial charge is 0.119 e. The van der Waals surface area contributed by atoms with Crippen molar-refractivity contribution in [3.05, 3.63) is 47.9 Å². The Kier molecular flexibility index (Phi) is 5.60. The first-order valence-electron chi connectivity index (χ1n) is 6.38. The quantitative estimate of drug-likeness (QED) is 0.521. The van der Waals surface area contributed by atoms with Crippen LogP contribution in [0.15, 0.2) is 45.9 Å². The van der Waals surface area contributed by atoms with Crippen molar-refractivity contribution in [1.29, 1.82) is 0 Å². The summed E-state index contributed by atoms with van der Waals surface area (Å²) in [5, 5.41) is 0. The minimum atomic E-state index is 0.378. The van der Waals surface area contributed by atoms with Crippen LogP contribution in [0.5, 0.6) is 5.75 Å². The molecule has 1 aromatic heterocycles. The largest absolute Gasteiger partial charge is 0.493 e. The summed E-state index contributed by atoms with van der Waals surface area (Å²) in [6, 6.07) is 9.70. The van der Waals surface area contributed by atoms with Gasteiger partial charge < -0.3 is 14.9 Å². The number of furan rings is 1. The molecule has 104 valence electrons. The SMILES string of the molecule is Cc1occc1SCCOc1ccc(C#CCN)cc1. The van der Waals surface area contributed by atoms with E-state index >= 15 is 0 Å². The van der Waals surface area contributed by atoms with E-state index in [1.807, 2.05) is 37.3 Å². The second-order valence-corrected chi connectivity index (χ2v) is 5.20. The van der Waals surface area contributed by atoms with Gasteiger partial charge >= 0.3 is 0 Å². The third-order valence-electron chi connectivity index (χ3n) is 2.61. The lowest BCUT2D eigenvalue weighted by Gasteiger charge is -2.05. The van der Waals surface area contributed by atoms with E-state index in [0.29, 0.717) is 13.2 Å². The summed E-state index contributed by atoms with van der Waals surface area (Å²) in [5.74, 6) is 8.50. The lowest BCUT2D eigenvalue weighted by molar-refractivity contribution is 0.344. The van der Waals surface area contributed by atoms with E-state index in [-0.39, 0.29) is 0 Å². The van der Waals surface area contributed by atoms with Gasteiger partial charge in [-0.25, -0.2) is 0 Å². The summed E-state index contributed by atoms with van der Waals surface area (Å²) in [7, 11) is 0. The molecule has 0 fully saturated rings. The van der Waals surface area contributed by atoms with Crippen LogP contribution in [0.4, 0.5) is 0 Å². The van der Waals surface area contributed by atoms with E-state index in [4.69, 9.17) is 14.9 Å². The van der Waals surface area contributed by atoms with Crippen molar-refractivity contribution in [2.75, 3.05) is 18.9 Å². The van der Waals surface area contributed by atoms with Crippen molar-refractivity contribution < 1.29 is 9.15 Å². The van der Waals surface area contributed by atoms with Gasteiger partial charge in [0, 0.05) is 16.2 Å². The summed E-state index contributed by atoms with van der Waals surface area (Å²) in [5.41, 5.74) is 6.28. The van der Waals surface area contributed by atoms with Crippen LogP contribution in [-0.4, -0.2) is 18.9 Å². The molecule has 0 saturated carbocycles. The summed E-state index contributed by atoms with van der Waals surface area (Å²) >= 11 is 1.73. The number of benzene rings is 1. The monoisotopic (exact) mass is 287 g/mol. The number of hydrogen-bond donors (Lipinski definition) is 1. The van der Waals surface area contributed by atoms with Crippen molar-refractivity contribution in [3.63, 3.8) is 0 Å². The zero-order valence-electron chi connectivity index (χ0n) is 11.4. The molecule has 2 N–H and O–H groups in total. The molecule has 0 aliphatic carbocycles. The van der Waals surface area contributed by atoms with Gasteiger partial charge in [-0.15, -0.1) is 11.8 Å². The van der Waals surface area contributed by atoms with E-state index in [2.05, 4.69) is 11.8 Å². The fraction of sp³-hybridized carbons (Fsp3) is 0.250. The molecule has 3 nitrogen and oxygen atoms in total. The molecule has 2 rings (SSSR count). The van der Waals surface area contributed by atoms with Crippen molar-refractivity contribution >= 4 is 11.8 Å². The molecule has 0 amide bonds. The summed E-state index contributed by atoms with van der Waals surface area (Å²) in [4.78, 5) is 1.17. The third kappa shape index (κ3) is 4.37. The van der Waals surface area contributed by atoms with E-state index in [9.17, 15) is 0 Å². The van der Waals surface area contributed by atoms with Crippen LogP contribution in [-0.2, 0) is 0 Å². The van der Waals surface area contributed by atoms with Gasteiger partial charge in [0.2, 0.25) is 0 Å². The highest BCUT2D eigenvalue weighted by atomic mass is 32.2. The number of ether oxygens (including phenoxy) is 1. The van der Waals surface area contributed by atoms with Crippen molar-refractivity contribution in [3.8, 4) is 17.6 Å². The van der Waals surface area contributed by atoms with Crippen LogP contribution in [0.3, 0.4) is 0 Å². The van der Waals surface area contributed by atoms with Crippen molar-refractivity contribution in [2.45, 2.75) is 11.8 Å². The Balaban J connectivity index is 1.75. The first kappa shape index (κ1) is 14.6. The average molecular weight is 287 g/mol. The number of thioether (sulfide) groups is 1. The molecule has 2 aromatic rings. The molecule has 0 atom stereocenters. The average Bonchev–Trinajstić information content (AvgIpc) is 2.88. The van der Waals surface area contributed by atoms with Gasteiger partial charge in [-0.05, 0) is 37.3 Å². The van der Waals surface area contributed by atoms with Crippen molar-refractivity contribution in [2.24, 2.45) is 5.73 Å². The van der Waals surface area contributed by atoms with Gasteiger partial charge in [-0.3, -0.25) is 0 Å². The highest BCUT2D eigenvalue weighted by Crippen LogP contribution is 2.23. The molecule has 0 aliphatic rings. The lowest BCUT2D eigenvalue weighted by atomic mass is 10.2. The van der Waals surface area contributed by atoms with Crippen LogP contribution >= 0.6 is 11.8 Å². The summed E-state index contributed by atoms with van der Waals surface area (Å²) in [6.45, 7) is 3.00. The summed E-state index contributed by atoms with van der Waals surface area (Å²) < 4.78 is 10.9. The second kappa shape index (κ2) is 7.68. The molecule has 1 heterocycles. The highest BCUT2D eigenvalue weighted by molar-refractivity contribution is 7.99. The topological polar surface area (TPSA) is 48.4 Å². The van der Waals surface area contributed by atoms with E-state index in [1.54, 1.807) is 18.0 Å². The van der Waals surface area contributed by atoms with Crippen LogP contribution in [0.2, 0.25) is 0 Å². The van der Waals surface area contributed by atoms with Gasteiger partial charge in [0.15, 0.2) is 0 Å². The molecule has 0 bridgehead atoms. The van der Waals surface area contributed by atoms with Crippen LogP contribution < -0.4 is 10.5 Å². The van der Waals surface area contributed by atoms with Gasteiger partial charge in [0.1, 0.15) is 11.5 Å². The first-order valence-corrected chi connectivity index (χ1v) is 7.37. The molecular formula is C16H17NO2S. The standard InChI is InChI=1S/C16H17NO2S/c1-13-16(8-10-18-13)20-12-11-19-15-6-4-14(5-7-15)3-2-9-17/h4-8,10H,9,11-12,17H2,1H3. The molecular weight excluding hydrogens is 270 g/mol. The van der Waals surface area contributed by atoms with Gasteiger partial charge in [-0.1, -0.05) is 11.8 Å². The number of hydrogen-bond acceptors (Lipinski definition) is 4. The first-order chi connectivity index (χ1) is 9.79. The van der Waals surface area contributed by atoms with E-state index in [0.717, 1.165) is 22.8 Å². The molecule has 1 aromatic carbocycles. The molecule has 0 unspecified atom stereocenters. The molecule has 0 radical (unpaired) electrons. The van der Waals surface area contributed by atoms with Crippen LogP contribution in [0.25, 0.3) is 0 Å². The maximum Gasteiger partial charge on any atom is 0.119 e. The Morgan fingerprint density at radius 2 is 2.05 bits per heavy atom. The fourth-order valence-electron chi connectivity index (χ4n) is 1.62. The number of nitrogens with two attached hydrogens (primary N) is 1. The second-order valence-electron chi connectivity index (χ2n) is 4.07. The lowest BCUT2D eigenvalue weighted by Crippen LogP contribution is -2.00. The fourth-order valence-corrected chi connectivity index (χ4v) is 2.41. The minimum absolute atomic E-state index is 0.378. The van der Waals surface area contributed by atoms with E-state index < -0.39 is 0 Å². The molecule has 20 heavy (non-hydrogen) atoms. The minimum Gasteiger partial charge on any atom is -0.493 e. The summed E-state index contributed by atoms with van der Waals surface area (Å²) in [6.07, 6.45) is 1.71. The zero-order chi connectivity index (χ0) is 14.2. The number of aryl methyl sites for hydroxylation is 1. The predicted octanol–water partition coefficient (Wildman–Crippen LogP) is 3.07. The number of rotatable bonds is 5. The Hall–Kier alpha value is -1.83. The Bertz CT molecular complexity index is 593. The molecule has 4 heteroatoms. The molecule has 0 saturated heterocycles. The van der Waals surface area contributed by atoms with E-state index in [1.165, 1.54) is 4.90 Å². The molecule has 0 aliphatic heterocycles. The van der Waals surface area contributed by atoms with Gasteiger partial charge in [-0.2, -0.15) is 0 Å².